The van der Waals surface area contributed by atoms with Crippen LogP contribution in [0.4, 0.5) is 5.82 Å². The van der Waals surface area contributed by atoms with E-state index >= 15 is 0 Å². The van der Waals surface area contributed by atoms with Gasteiger partial charge in [0.25, 0.3) is 5.91 Å². The van der Waals surface area contributed by atoms with E-state index in [1.54, 1.807) is 18.0 Å². The van der Waals surface area contributed by atoms with E-state index in [-0.39, 0.29) is 5.91 Å². The molecule has 3 N–H and O–H groups in total. The summed E-state index contributed by atoms with van der Waals surface area (Å²) in [6, 6.07) is 3.53. The molecule has 1 rings (SSSR count). The molecular formula is C13H22N4O. The molecule has 0 aromatic carbocycles. The number of aryl methyl sites for hydroxylation is 1. The predicted octanol–water partition coefficient (Wildman–Crippen LogP) is 1.80. The molecule has 0 radical (unpaired) electrons. The number of hydrogen-bond donors (Lipinski definition) is 2. The van der Waals surface area contributed by atoms with E-state index in [0.717, 1.165) is 31.5 Å². The van der Waals surface area contributed by atoms with Crippen molar-refractivity contribution in [1.29, 1.82) is 0 Å². The van der Waals surface area contributed by atoms with Gasteiger partial charge in [0.05, 0.1) is 0 Å². The summed E-state index contributed by atoms with van der Waals surface area (Å²) in [5.41, 5.74) is 4.04. The number of nitrogens with zero attached hydrogens (tertiary/aromatic N) is 2. The highest BCUT2D eigenvalue weighted by Gasteiger charge is 2.13. The van der Waals surface area contributed by atoms with Gasteiger partial charge in [0.15, 0.2) is 0 Å². The molecule has 0 spiro atoms. The third kappa shape index (κ3) is 3.70. The van der Waals surface area contributed by atoms with Crippen molar-refractivity contribution >= 4 is 11.7 Å². The third-order valence-electron chi connectivity index (χ3n) is 2.69. The molecule has 0 fully saturated rings. The molecule has 1 amide bonds. The van der Waals surface area contributed by atoms with Crippen LogP contribution in [-0.4, -0.2) is 29.4 Å². The van der Waals surface area contributed by atoms with Crippen molar-refractivity contribution in [2.24, 2.45) is 5.84 Å². The minimum atomic E-state index is 0.00750. The number of carbonyl (C=O) groups is 1. The Hall–Kier alpha value is -1.62. The second kappa shape index (κ2) is 6.96. The van der Waals surface area contributed by atoms with E-state index in [1.807, 2.05) is 13.0 Å². The van der Waals surface area contributed by atoms with Crippen LogP contribution in [0.1, 0.15) is 42.7 Å². The van der Waals surface area contributed by atoms with Crippen molar-refractivity contribution in [3.8, 4) is 0 Å². The second-order valence-corrected chi connectivity index (χ2v) is 4.35. The number of rotatable bonds is 6. The SMILES string of the molecule is CCCc1cc(C(=O)N(C)CCC)cc(NN)n1. The van der Waals surface area contributed by atoms with E-state index in [1.165, 1.54) is 0 Å². The first-order chi connectivity index (χ1) is 8.62. The van der Waals surface area contributed by atoms with Crippen molar-refractivity contribution in [3.63, 3.8) is 0 Å². The largest absolute Gasteiger partial charge is 0.342 e. The summed E-state index contributed by atoms with van der Waals surface area (Å²) in [6.45, 7) is 4.87. The van der Waals surface area contributed by atoms with Gasteiger partial charge < -0.3 is 10.3 Å². The van der Waals surface area contributed by atoms with Crippen LogP contribution < -0.4 is 11.3 Å². The molecule has 0 atom stereocenters. The Morgan fingerprint density at radius 3 is 2.67 bits per heavy atom. The summed E-state index contributed by atoms with van der Waals surface area (Å²) >= 11 is 0. The topological polar surface area (TPSA) is 71.2 Å². The number of hydrogen-bond acceptors (Lipinski definition) is 4. The van der Waals surface area contributed by atoms with Crippen molar-refractivity contribution in [2.75, 3.05) is 19.0 Å². The average Bonchev–Trinajstić information content (AvgIpc) is 2.38. The molecule has 0 aliphatic heterocycles. The molecule has 1 aromatic rings. The van der Waals surface area contributed by atoms with Crippen LogP contribution >= 0.6 is 0 Å². The van der Waals surface area contributed by atoms with Crippen LogP contribution in [0.3, 0.4) is 0 Å². The highest BCUT2D eigenvalue weighted by molar-refractivity contribution is 5.94. The van der Waals surface area contributed by atoms with Gasteiger partial charge in [-0.25, -0.2) is 10.8 Å². The molecule has 0 saturated carbocycles. The van der Waals surface area contributed by atoms with Crippen LogP contribution in [0.5, 0.6) is 0 Å². The molecule has 0 aliphatic rings. The summed E-state index contributed by atoms with van der Waals surface area (Å²) in [7, 11) is 1.81. The number of hydrazine groups is 1. The first kappa shape index (κ1) is 14.4. The van der Waals surface area contributed by atoms with Crippen molar-refractivity contribution < 1.29 is 4.79 Å². The van der Waals surface area contributed by atoms with Crippen LogP contribution in [0.15, 0.2) is 12.1 Å². The summed E-state index contributed by atoms with van der Waals surface area (Å²) in [6.07, 6.45) is 2.77. The summed E-state index contributed by atoms with van der Waals surface area (Å²) in [5.74, 6) is 5.93. The van der Waals surface area contributed by atoms with E-state index < -0.39 is 0 Å². The van der Waals surface area contributed by atoms with E-state index in [9.17, 15) is 4.79 Å². The lowest BCUT2D eigenvalue weighted by molar-refractivity contribution is 0.0795. The summed E-state index contributed by atoms with van der Waals surface area (Å²) < 4.78 is 0. The monoisotopic (exact) mass is 250 g/mol. The Morgan fingerprint density at radius 1 is 1.39 bits per heavy atom. The Balaban J connectivity index is 2.99. The first-order valence-corrected chi connectivity index (χ1v) is 6.35. The summed E-state index contributed by atoms with van der Waals surface area (Å²) in [4.78, 5) is 18.2. The number of carbonyl (C=O) groups excluding carboxylic acids is 1. The molecular weight excluding hydrogens is 228 g/mol. The fourth-order valence-electron chi connectivity index (χ4n) is 1.83. The number of nitrogens with two attached hydrogens (primary N) is 1. The van der Waals surface area contributed by atoms with Crippen LogP contribution in [-0.2, 0) is 6.42 Å². The highest BCUT2D eigenvalue weighted by atomic mass is 16.2. The molecule has 0 saturated heterocycles. The van der Waals surface area contributed by atoms with Crippen LogP contribution in [0.2, 0.25) is 0 Å². The molecule has 1 heterocycles. The van der Waals surface area contributed by atoms with Gasteiger partial charge in [0.2, 0.25) is 0 Å². The molecule has 5 nitrogen and oxygen atoms in total. The fraction of sp³-hybridized carbons (Fsp3) is 0.538. The predicted molar refractivity (Wildman–Crippen MR) is 73.3 cm³/mol. The van der Waals surface area contributed by atoms with Gasteiger partial charge in [-0.1, -0.05) is 20.3 Å². The minimum Gasteiger partial charge on any atom is -0.342 e. The van der Waals surface area contributed by atoms with Crippen molar-refractivity contribution in [1.82, 2.24) is 9.88 Å². The van der Waals surface area contributed by atoms with Gasteiger partial charge in [-0.05, 0) is 25.0 Å². The van der Waals surface area contributed by atoms with Gasteiger partial charge in [-0.3, -0.25) is 4.79 Å². The van der Waals surface area contributed by atoms with Crippen molar-refractivity contribution in [2.45, 2.75) is 33.1 Å². The molecule has 5 heteroatoms. The smallest absolute Gasteiger partial charge is 0.253 e. The van der Waals surface area contributed by atoms with E-state index in [2.05, 4.69) is 17.3 Å². The van der Waals surface area contributed by atoms with Crippen molar-refractivity contribution in [3.05, 3.63) is 23.4 Å². The number of aromatic nitrogens is 1. The quantitative estimate of drug-likeness (QED) is 0.596. The summed E-state index contributed by atoms with van der Waals surface area (Å²) in [5, 5.41) is 0. The third-order valence-corrected chi connectivity index (χ3v) is 2.69. The maximum Gasteiger partial charge on any atom is 0.253 e. The Labute approximate surface area is 108 Å². The number of pyridine rings is 1. The molecule has 0 aliphatic carbocycles. The minimum absolute atomic E-state index is 0.00750. The van der Waals surface area contributed by atoms with Gasteiger partial charge in [0.1, 0.15) is 5.82 Å². The lowest BCUT2D eigenvalue weighted by Gasteiger charge is -2.17. The average molecular weight is 250 g/mol. The number of anilines is 1. The molecule has 18 heavy (non-hydrogen) atoms. The van der Waals surface area contributed by atoms with Gasteiger partial charge in [-0.2, -0.15) is 0 Å². The number of nitrogen functional groups attached to an aromatic ring is 1. The Morgan fingerprint density at radius 2 is 2.11 bits per heavy atom. The molecule has 1 aromatic heterocycles. The fourth-order valence-corrected chi connectivity index (χ4v) is 1.83. The first-order valence-electron chi connectivity index (χ1n) is 6.35. The zero-order valence-corrected chi connectivity index (χ0v) is 11.4. The highest BCUT2D eigenvalue weighted by Crippen LogP contribution is 2.13. The van der Waals surface area contributed by atoms with E-state index in [0.29, 0.717) is 11.4 Å². The second-order valence-electron chi connectivity index (χ2n) is 4.35. The zero-order valence-electron chi connectivity index (χ0n) is 11.4. The van der Waals surface area contributed by atoms with Gasteiger partial charge >= 0.3 is 0 Å². The standard InChI is InChI=1S/C13H22N4O/c1-4-6-11-8-10(9-12(15-11)16-14)13(18)17(3)7-5-2/h8-9H,4-7,14H2,1-3H3,(H,15,16). The molecule has 0 unspecified atom stereocenters. The number of amides is 1. The van der Waals surface area contributed by atoms with E-state index in [4.69, 9.17) is 5.84 Å². The van der Waals surface area contributed by atoms with Crippen LogP contribution in [0, 0.1) is 0 Å². The lowest BCUT2D eigenvalue weighted by atomic mass is 10.1. The maximum absolute atomic E-state index is 12.2. The zero-order chi connectivity index (χ0) is 13.5. The van der Waals surface area contributed by atoms with Crippen LogP contribution in [0.25, 0.3) is 0 Å². The lowest BCUT2D eigenvalue weighted by Crippen LogP contribution is -2.27. The molecule has 100 valence electrons. The van der Waals surface area contributed by atoms with Gasteiger partial charge in [-0.15, -0.1) is 0 Å². The maximum atomic E-state index is 12.2. The molecule has 0 bridgehead atoms. The Bertz CT molecular complexity index is 406. The van der Waals surface area contributed by atoms with Gasteiger partial charge in [0, 0.05) is 24.8 Å². The Kier molecular flexibility index (Phi) is 5.58. The normalized spacial score (nSPS) is 10.2. The number of nitrogens with one attached hydrogen (secondary N) is 1.